The van der Waals surface area contributed by atoms with Crippen LogP contribution in [0.5, 0.6) is 0 Å². The molecule has 0 spiro atoms. The van der Waals surface area contributed by atoms with E-state index in [0.717, 1.165) is 10.3 Å². The van der Waals surface area contributed by atoms with Gasteiger partial charge in [-0.05, 0) is 36.4 Å². The van der Waals surface area contributed by atoms with Crippen molar-refractivity contribution < 1.29 is 4.92 Å². The first-order valence-electron chi connectivity index (χ1n) is 9.48. The van der Waals surface area contributed by atoms with Crippen LogP contribution >= 0.6 is 11.6 Å². The van der Waals surface area contributed by atoms with Crippen LogP contribution in [0.15, 0.2) is 64.3 Å². The largest absolute Gasteiger partial charge is 0.332 e. The number of aryl methyl sites for hydroxylation is 1. The number of nitrogens with zero attached hydrogens (tertiary/aromatic N) is 6. The standard InChI is InChI=1S/C21H15ClN6O4/c1-24-18-17(19(29)25(2)21(24)30)26-11-16(12-3-7-15(8-4-12)28(31)32)27(20(26)23-18)14-9-5-13(22)6-10-14/h3-11H,1-2H3. The van der Waals surface area contributed by atoms with Crippen molar-refractivity contribution in [1.82, 2.24) is 23.1 Å². The van der Waals surface area contributed by atoms with Gasteiger partial charge in [-0.3, -0.25) is 33.0 Å². The van der Waals surface area contributed by atoms with E-state index in [1.54, 1.807) is 58.6 Å². The number of nitro benzene ring substituents is 1. The van der Waals surface area contributed by atoms with Crippen LogP contribution in [-0.2, 0) is 14.1 Å². The van der Waals surface area contributed by atoms with Gasteiger partial charge < -0.3 is 0 Å². The number of hydrogen-bond donors (Lipinski definition) is 0. The van der Waals surface area contributed by atoms with Crippen molar-refractivity contribution in [3.8, 4) is 16.9 Å². The van der Waals surface area contributed by atoms with Gasteiger partial charge in [0.25, 0.3) is 11.2 Å². The molecule has 0 aliphatic rings. The van der Waals surface area contributed by atoms with Gasteiger partial charge in [0.1, 0.15) is 0 Å². The first-order chi connectivity index (χ1) is 15.3. The quantitative estimate of drug-likeness (QED) is 0.310. The molecule has 11 heteroatoms. The summed E-state index contributed by atoms with van der Waals surface area (Å²) in [4.78, 5) is 40.5. The van der Waals surface area contributed by atoms with E-state index < -0.39 is 16.2 Å². The average molecular weight is 451 g/mol. The van der Waals surface area contributed by atoms with Crippen molar-refractivity contribution in [2.45, 2.75) is 0 Å². The fourth-order valence-electron chi connectivity index (χ4n) is 3.77. The van der Waals surface area contributed by atoms with Crippen molar-refractivity contribution in [3.05, 3.63) is 90.7 Å². The van der Waals surface area contributed by atoms with Crippen molar-refractivity contribution >= 4 is 34.2 Å². The van der Waals surface area contributed by atoms with E-state index in [0.29, 0.717) is 22.1 Å². The van der Waals surface area contributed by atoms with Crippen molar-refractivity contribution in [3.63, 3.8) is 0 Å². The number of halogens is 1. The Labute approximate surface area is 184 Å². The lowest BCUT2D eigenvalue weighted by molar-refractivity contribution is -0.384. The highest BCUT2D eigenvalue weighted by molar-refractivity contribution is 6.30. The summed E-state index contributed by atoms with van der Waals surface area (Å²) in [6.45, 7) is 0. The fraction of sp³-hybridized carbons (Fsp3) is 0.0952. The first kappa shape index (κ1) is 19.8. The molecule has 5 rings (SSSR count). The van der Waals surface area contributed by atoms with Gasteiger partial charge in [0.05, 0.1) is 10.6 Å². The second-order valence-corrected chi connectivity index (χ2v) is 7.73. The Bertz CT molecular complexity index is 1660. The third-order valence-electron chi connectivity index (χ3n) is 5.42. The summed E-state index contributed by atoms with van der Waals surface area (Å²) in [6.07, 6.45) is 1.73. The van der Waals surface area contributed by atoms with E-state index in [1.807, 2.05) is 0 Å². The number of benzene rings is 2. The van der Waals surface area contributed by atoms with Crippen LogP contribution in [0.3, 0.4) is 0 Å². The van der Waals surface area contributed by atoms with Crippen LogP contribution in [-0.4, -0.2) is 28.0 Å². The summed E-state index contributed by atoms with van der Waals surface area (Å²) in [7, 11) is 2.97. The van der Waals surface area contributed by atoms with Gasteiger partial charge in [-0.25, -0.2) is 4.79 Å². The SMILES string of the molecule is Cn1c(=O)c2c(nc3n(-c4ccc(Cl)cc4)c(-c4ccc([N+](=O)[O-])cc4)cn23)n(C)c1=O. The molecule has 160 valence electrons. The molecule has 0 radical (unpaired) electrons. The third-order valence-corrected chi connectivity index (χ3v) is 5.68. The number of rotatable bonds is 3. The van der Waals surface area contributed by atoms with Gasteiger partial charge in [-0.1, -0.05) is 11.6 Å². The second-order valence-electron chi connectivity index (χ2n) is 7.29. The zero-order valence-electron chi connectivity index (χ0n) is 16.9. The topological polar surface area (TPSA) is 109 Å². The Kier molecular flexibility index (Phi) is 4.28. The summed E-state index contributed by atoms with van der Waals surface area (Å²) < 4.78 is 5.78. The highest BCUT2D eigenvalue weighted by Gasteiger charge is 2.22. The molecule has 5 aromatic rings. The van der Waals surface area contributed by atoms with Gasteiger partial charge >= 0.3 is 5.69 Å². The molecule has 0 atom stereocenters. The van der Waals surface area contributed by atoms with E-state index in [2.05, 4.69) is 4.98 Å². The van der Waals surface area contributed by atoms with Crippen LogP contribution in [0.25, 0.3) is 33.9 Å². The van der Waals surface area contributed by atoms with Gasteiger partial charge in [-0.2, -0.15) is 4.98 Å². The molecule has 0 saturated heterocycles. The van der Waals surface area contributed by atoms with E-state index >= 15 is 0 Å². The van der Waals surface area contributed by atoms with Crippen molar-refractivity contribution in [2.24, 2.45) is 14.1 Å². The monoisotopic (exact) mass is 450 g/mol. The van der Waals surface area contributed by atoms with Crippen molar-refractivity contribution in [2.75, 3.05) is 0 Å². The first-order valence-corrected chi connectivity index (χ1v) is 9.86. The summed E-state index contributed by atoms with van der Waals surface area (Å²) in [5.74, 6) is 0.411. The smallest absolute Gasteiger partial charge is 0.279 e. The number of fused-ring (bicyclic) bond motifs is 3. The Morgan fingerprint density at radius 1 is 0.969 bits per heavy atom. The Morgan fingerprint density at radius 2 is 1.62 bits per heavy atom. The molecular formula is C21H15ClN6O4. The molecule has 3 heterocycles. The Morgan fingerprint density at radius 3 is 2.25 bits per heavy atom. The van der Waals surface area contributed by atoms with Gasteiger partial charge in [0.2, 0.25) is 5.78 Å². The average Bonchev–Trinajstić information content (AvgIpc) is 3.33. The molecule has 0 N–H and O–H groups in total. The van der Waals surface area contributed by atoms with E-state index in [4.69, 9.17) is 11.6 Å². The lowest BCUT2D eigenvalue weighted by atomic mass is 10.1. The van der Waals surface area contributed by atoms with Crippen LogP contribution in [0.2, 0.25) is 5.02 Å². The zero-order chi connectivity index (χ0) is 22.7. The summed E-state index contributed by atoms with van der Waals surface area (Å²) in [5.41, 5.74) is 1.59. The predicted molar refractivity (Wildman–Crippen MR) is 120 cm³/mol. The lowest BCUT2D eigenvalue weighted by Gasteiger charge is -2.09. The highest BCUT2D eigenvalue weighted by atomic mass is 35.5. The normalized spacial score (nSPS) is 11.5. The lowest BCUT2D eigenvalue weighted by Crippen LogP contribution is -2.37. The second kappa shape index (κ2) is 6.92. The van der Waals surface area contributed by atoms with Gasteiger partial charge in [0, 0.05) is 48.7 Å². The fourth-order valence-corrected chi connectivity index (χ4v) is 3.90. The number of imidazole rings is 2. The summed E-state index contributed by atoms with van der Waals surface area (Å²) in [6, 6.07) is 13.2. The molecule has 32 heavy (non-hydrogen) atoms. The minimum Gasteiger partial charge on any atom is -0.279 e. The van der Waals surface area contributed by atoms with Crippen LogP contribution < -0.4 is 11.2 Å². The van der Waals surface area contributed by atoms with Crippen LogP contribution in [0.1, 0.15) is 0 Å². The maximum atomic E-state index is 12.9. The molecular weight excluding hydrogens is 436 g/mol. The molecule has 0 saturated carbocycles. The van der Waals surface area contributed by atoms with Crippen LogP contribution in [0.4, 0.5) is 5.69 Å². The third kappa shape index (κ3) is 2.77. The van der Waals surface area contributed by atoms with E-state index in [-0.39, 0.29) is 16.9 Å². The molecule has 0 bridgehead atoms. The minimum absolute atomic E-state index is 0.0301. The zero-order valence-corrected chi connectivity index (χ0v) is 17.6. The Balaban J connectivity index is 1.90. The maximum Gasteiger partial charge on any atom is 0.332 e. The number of nitro groups is 1. The predicted octanol–water partition coefficient (Wildman–Crippen LogP) is 2.90. The molecule has 0 aliphatic carbocycles. The van der Waals surface area contributed by atoms with E-state index in [1.165, 1.54) is 23.7 Å². The van der Waals surface area contributed by atoms with E-state index in [9.17, 15) is 19.7 Å². The molecule has 0 unspecified atom stereocenters. The minimum atomic E-state index is -0.475. The molecule has 0 fully saturated rings. The Hall–Kier alpha value is -4.18. The molecule has 2 aromatic carbocycles. The summed E-state index contributed by atoms with van der Waals surface area (Å²) in [5, 5.41) is 11.6. The molecule has 0 aliphatic heterocycles. The van der Waals surface area contributed by atoms with Crippen LogP contribution in [0, 0.1) is 10.1 Å². The van der Waals surface area contributed by atoms with Crippen molar-refractivity contribution in [1.29, 1.82) is 0 Å². The number of hydrogen-bond acceptors (Lipinski definition) is 5. The number of aromatic nitrogens is 5. The molecule has 10 nitrogen and oxygen atoms in total. The molecule has 0 amide bonds. The van der Waals surface area contributed by atoms with Gasteiger partial charge in [-0.15, -0.1) is 0 Å². The molecule has 3 aromatic heterocycles. The highest BCUT2D eigenvalue weighted by Crippen LogP contribution is 2.30. The number of non-ortho nitro benzene ring substituents is 1. The summed E-state index contributed by atoms with van der Waals surface area (Å²) >= 11 is 6.06. The maximum absolute atomic E-state index is 12.9. The van der Waals surface area contributed by atoms with Gasteiger partial charge in [0.15, 0.2) is 11.2 Å².